The summed E-state index contributed by atoms with van der Waals surface area (Å²) in [7, 11) is 3.89. The smallest absolute Gasteiger partial charge is 0.227 e. The van der Waals surface area contributed by atoms with E-state index in [1.54, 1.807) is 35.2 Å². The van der Waals surface area contributed by atoms with Crippen LogP contribution in [0.4, 0.5) is 10.1 Å². The molecular formula is C24H26FN5O2S. The molecule has 1 aromatic heterocycles. The summed E-state index contributed by atoms with van der Waals surface area (Å²) in [5.41, 5.74) is 2.04. The van der Waals surface area contributed by atoms with Crippen molar-refractivity contribution in [2.75, 3.05) is 31.3 Å². The fourth-order valence-electron chi connectivity index (χ4n) is 3.69. The Morgan fingerprint density at radius 3 is 2.58 bits per heavy atom. The van der Waals surface area contributed by atoms with Crippen LogP contribution >= 0.6 is 11.8 Å². The number of amides is 1. The molecule has 0 N–H and O–H groups in total. The normalized spacial score (nSPS) is 14.8. The summed E-state index contributed by atoms with van der Waals surface area (Å²) in [4.78, 5) is 28.8. The molecule has 0 spiro atoms. The van der Waals surface area contributed by atoms with E-state index in [0.29, 0.717) is 29.5 Å². The highest BCUT2D eigenvalue weighted by molar-refractivity contribution is 7.99. The zero-order valence-corrected chi connectivity index (χ0v) is 19.7. The number of thioether (sulfide) groups is 1. The monoisotopic (exact) mass is 467 g/mol. The van der Waals surface area contributed by atoms with Crippen LogP contribution in [-0.2, 0) is 4.79 Å². The molecule has 0 radical (unpaired) electrons. The van der Waals surface area contributed by atoms with Gasteiger partial charge in [-0.2, -0.15) is 0 Å². The van der Waals surface area contributed by atoms with E-state index < -0.39 is 0 Å². The number of hydrogen-bond donors (Lipinski definition) is 0. The van der Waals surface area contributed by atoms with Crippen molar-refractivity contribution < 1.29 is 14.0 Å². The standard InChI is InChI=1S/C24H26FN5O2S/c1-16(28(2)3)23-26-27-24(30(23)19-11-9-18(25)10-12-19)33-15-21(31)17-6-4-7-20(14-17)29-13-5-8-22(29)32/h4,6-7,9-12,14,16H,5,8,13,15H2,1-3H3. The number of Topliss-reactive ketones (excluding diaryl/α,β-unsaturated/α-hetero) is 1. The first-order valence-electron chi connectivity index (χ1n) is 10.8. The van der Waals surface area contributed by atoms with Gasteiger partial charge in [0.15, 0.2) is 16.8 Å². The minimum Gasteiger partial charge on any atom is -0.312 e. The predicted octanol–water partition coefficient (Wildman–Crippen LogP) is 4.13. The van der Waals surface area contributed by atoms with E-state index in [2.05, 4.69) is 10.2 Å². The molecule has 2 heterocycles. The SMILES string of the molecule is CC(c1nnc(SCC(=O)c2cccc(N3CCCC3=O)c2)n1-c1ccc(F)cc1)N(C)C. The van der Waals surface area contributed by atoms with E-state index in [1.165, 1.54) is 23.9 Å². The van der Waals surface area contributed by atoms with Crippen LogP contribution in [0, 0.1) is 5.82 Å². The lowest BCUT2D eigenvalue weighted by Gasteiger charge is -2.20. The maximum atomic E-state index is 13.5. The predicted molar refractivity (Wildman–Crippen MR) is 127 cm³/mol. The number of carbonyl (C=O) groups excluding carboxylic acids is 2. The highest BCUT2D eigenvalue weighted by atomic mass is 32.2. The van der Waals surface area contributed by atoms with Crippen molar-refractivity contribution >= 4 is 29.1 Å². The third-order valence-electron chi connectivity index (χ3n) is 5.78. The summed E-state index contributed by atoms with van der Waals surface area (Å²) in [6.45, 7) is 2.69. The number of rotatable bonds is 8. The Balaban J connectivity index is 1.56. The van der Waals surface area contributed by atoms with Crippen LogP contribution in [-0.4, -0.2) is 57.7 Å². The molecule has 1 aliphatic heterocycles. The third-order valence-corrected chi connectivity index (χ3v) is 6.71. The lowest BCUT2D eigenvalue weighted by atomic mass is 10.1. The first kappa shape index (κ1) is 23.1. The molecule has 1 saturated heterocycles. The highest BCUT2D eigenvalue weighted by Crippen LogP contribution is 2.28. The van der Waals surface area contributed by atoms with Crippen molar-refractivity contribution in [2.45, 2.75) is 31.0 Å². The molecule has 1 unspecified atom stereocenters. The number of hydrogen-bond acceptors (Lipinski definition) is 6. The number of ketones is 1. The minimum atomic E-state index is -0.324. The Hall–Kier alpha value is -3.04. The molecule has 172 valence electrons. The third kappa shape index (κ3) is 4.99. The van der Waals surface area contributed by atoms with Crippen molar-refractivity contribution in [2.24, 2.45) is 0 Å². The minimum absolute atomic E-state index is 0.0396. The summed E-state index contributed by atoms with van der Waals surface area (Å²) in [6.07, 6.45) is 1.38. The zero-order chi connectivity index (χ0) is 23.5. The number of benzene rings is 2. The van der Waals surface area contributed by atoms with Gasteiger partial charge in [0.1, 0.15) is 5.82 Å². The summed E-state index contributed by atoms with van der Waals surface area (Å²) in [6, 6.07) is 13.3. The molecule has 0 bridgehead atoms. The number of halogens is 1. The van der Waals surface area contributed by atoms with Crippen LogP contribution < -0.4 is 4.90 Å². The van der Waals surface area contributed by atoms with Gasteiger partial charge in [-0.1, -0.05) is 23.9 Å². The first-order chi connectivity index (χ1) is 15.8. The fourth-order valence-corrected chi connectivity index (χ4v) is 4.54. The van der Waals surface area contributed by atoms with Crippen LogP contribution in [0.25, 0.3) is 5.69 Å². The van der Waals surface area contributed by atoms with E-state index >= 15 is 0 Å². The van der Waals surface area contributed by atoms with Crippen LogP contribution in [0.1, 0.15) is 42.0 Å². The van der Waals surface area contributed by atoms with Gasteiger partial charge in [0.05, 0.1) is 11.8 Å². The quantitative estimate of drug-likeness (QED) is 0.366. The molecule has 1 amide bonds. The molecule has 1 aliphatic rings. The second-order valence-electron chi connectivity index (χ2n) is 8.20. The zero-order valence-electron chi connectivity index (χ0n) is 18.9. The average Bonchev–Trinajstić information content (AvgIpc) is 3.43. The van der Waals surface area contributed by atoms with Crippen LogP contribution in [0.2, 0.25) is 0 Å². The van der Waals surface area contributed by atoms with Crippen LogP contribution in [0.5, 0.6) is 0 Å². The molecule has 0 saturated carbocycles. The molecule has 2 aromatic carbocycles. The fraction of sp³-hybridized carbons (Fsp3) is 0.333. The van der Waals surface area contributed by atoms with E-state index in [1.807, 2.05) is 36.6 Å². The van der Waals surface area contributed by atoms with Crippen LogP contribution in [0.3, 0.4) is 0 Å². The summed E-state index contributed by atoms with van der Waals surface area (Å²) in [5, 5.41) is 9.25. The van der Waals surface area contributed by atoms with Crippen molar-refractivity contribution in [1.82, 2.24) is 19.7 Å². The van der Waals surface area contributed by atoms with Crippen LogP contribution in [0.15, 0.2) is 53.7 Å². The molecule has 9 heteroatoms. The summed E-state index contributed by atoms with van der Waals surface area (Å²) in [5.74, 6) is 0.562. The molecule has 1 fully saturated rings. The lowest BCUT2D eigenvalue weighted by molar-refractivity contribution is -0.117. The molecule has 7 nitrogen and oxygen atoms in total. The molecule has 4 rings (SSSR count). The van der Waals surface area contributed by atoms with Gasteiger partial charge in [-0.05, 0) is 63.8 Å². The van der Waals surface area contributed by atoms with E-state index in [-0.39, 0.29) is 29.3 Å². The van der Waals surface area contributed by atoms with Gasteiger partial charge in [0.2, 0.25) is 5.91 Å². The van der Waals surface area contributed by atoms with Gasteiger partial charge in [-0.3, -0.25) is 19.1 Å². The van der Waals surface area contributed by atoms with Crippen molar-refractivity contribution in [3.05, 3.63) is 65.7 Å². The maximum Gasteiger partial charge on any atom is 0.227 e. The van der Waals surface area contributed by atoms with Gasteiger partial charge in [-0.15, -0.1) is 10.2 Å². The first-order valence-corrected chi connectivity index (χ1v) is 11.8. The largest absolute Gasteiger partial charge is 0.312 e. The topological polar surface area (TPSA) is 71.3 Å². The van der Waals surface area contributed by atoms with E-state index in [4.69, 9.17) is 0 Å². The van der Waals surface area contributed by atoms with Gasteiger partial charge in [-0.25, -0.2) is 4.39 Å². The summed E-state index contributed by atoms with van der Waals surface area (Å²) < 4.78 is 15.4. The molecule has 33 heavy (non-hydrogen) atoms. The Labute approximate surface area is 196 Å². The van der Waals surface area contributed by atoms with Gasteiger partial charge < -0.3 is 4.90 Å². The molecule has 1 atom stereocenters. The Kier molecular flexibility index (Phi) is 6.90. The van der Waals surface area contributed by atoms with Gasteiger partial charge >= 0.3 is 0 Å². The lowest BCUT2D eigenvalue weighted by Crippen LogP contribution is -2.23. The number of anilines is 1. The van der Waals surface area contributed by atoms with Crippen molar-refractivity contribution in [1.29, 1.82) is 0 Å². The molecule has 3 aromatic rings. The number of aromatic nitrogens is 3. The van der Waals surface area contributed by atoms with Crippen molar-refractivity contribution in [3.8, 4) is 5.69 Å². The summed E-state index contributed by atoms with van der Waals surface area (Å²) >= 11 is 1.28. The Bertz CT molecular complexity index is 1160. The Morgan fingerprint density at radius 1 is 1.15 bits per heavy atom. The average molecular weight is 468 g/mol. The molecule has 0 aliphatic carbocycles. The molecular weight excluding hydrogens is 441 g/mol. The second kappa shape index (κ2) is 9.84. The second-order valence-corrected chi connectivity index (χ2v) is 9.15. The highest BCUT2D eigenvalue weighted by Gasteiger charge is 2.24. The Morgan fingerprint density at radius 2 is 1.91 bits per heavy atom. The van der Waals surface area contributed by atoms with E-state index in [9.17, 15) is 14.0 Å². The number of nitrogens with zero attached hydrogens (tertiary/aromatic N) is 5. The van der Waals surface area contributed by atoms with Crippen molar-refractivity contribution in [3.63, 3.8) is 0 Å². The van der Waals surface area contributed by atoms with Gasteiger partial charge in [0, 0.05) is 29.9 Å². The number of carbonyl (C=O) groups is 2. The maximum absolute atomic E-state index is 13.5. The van der Waals surface area contributed by atoms with E-state index in [0.717, 1.165) is 17.8 Å². The van der Waals surface area contributed by atoms with Gasteiger partial charge in [0.25, 0.3) is 0 Å².